The summed E-state index contributed by atoms with van der Waals surface area (Å²) in [7, 11) is 1.68. The Morgan fingerprint density at radius 2 is 2.17 bits per heavy atom. The van der Waals surface area contributed by atoms with Crippen LogP contribution in [-0.4, -0.2) is 19.7 Å². The van der Waals surface area contributed by atoms with Crippen LogP contribution in [0.3, 0.4) is 0 Å². The number of para-hydroxylation sites is 1. The maximum Gasteiger partial charge on any atom is 0.143 e. The Labute approximate surface area is 110 Å². The van der Waals surface area contributed by atoms with Gasteiger partial charge in [-0.05, 0) is 31.4 Å². The minimum Gasteiger partial charge on any atom is -0.495 e. The van der Waals surface area contributed by atoms with Gasteiger partial charge in [0.1, 0.15) is 5.75 Å². The molecule has 2 N–H and O–H groups in total. The molecular formula is C15H24N2O. The first-order chi connectivity index (χ1) is 8.77. The molecule has 2 rings (SSSR count). The van der Waals surface area contributed by atoms with Crippen molar-refractivity contribution in [3.05, 3.63) is 18.2 Å². The highest BCUT2D eigenvalue weighted by Gasteiger charge is 2.22. The van der Waals surface area contributed by atoms with Gasteiger partial charge in [0.15, 0.2) is 0 Å². The van der Waals surface area contributed by atoms with E-state index in [1.54, 1.807) is 7.11 Å². The molecule has 1 unspecified atom stereocenters. The van der Waals surface area contributed by atoms with Gasteiger partial charge in [-0.2, -0.15) is 0 Å². The number of nitrogens with zero attached hydrogens (tertiary/aromatic N) is 1. The van der Waals surface area contributed by atoms with Crippen molar-refractivity contribution in [1.82, 2.24) is 0 Å². The number of methoxy groups -OCH3 is 1. The van der Waals surface area contributed by atoms with E-state index in [2.05, 4.69) is 17.9 Å². The van der Waals surface area contributed by atoms with Crippen molar-refractivity contribution >= 4 is 11.4 Å². The summed E-state index contributed by atoms with van der Waals surface area (Å²) in [5.41, 5.74) is 8.15. The Morgan fingerprint density at radius 1 is 1.33 bits per heavy atom. The van der Waals surface area contributed by atoms with Gasteiger partial charge in [0, 0.05) is 12.6 Å². The molecule has 1 aromatic rings. The van der Waals surface area contributed by atoms with Crippen LogP contribution in [0.2, 0.25) is 0 Å². The van der Waals surface area contributed by atoms with E-state index in [1.807, 2.05) is 12.1 Å². The van der Waals surface area contributed by atoms with Crippen molar-refractivity contribution in [2.75, 3.05) is 24.3 Å². The monoisotopic (exact) mass is 248 g/mol. The van der Waals surface area contributed by atoms with Crippen LogP contribution in [0.25, 0.3) is 0 Å². The average Bonchev–Trinajstić information content (AvgIpc) is 2.64. The highest BCUT2D eigenvalue weighted by atomic mass is 16.5. The second-order valence-corrected chi connectivity index (χ2v) is 5.00. The summed E-state index contributed by atoms with van der Waals surface area (Å²) in [6, 6.07) is 6.69. The van der Waals surface area contributed by atoms with Crippen LogP contribution in [0, 0.1) is 0 Å². The molecule has 0 aromatic heterocycles. The summed E-state index contributed by atoms with van der Waals surface area (Å²) in [5.74, 6) is 0.784. The Bertz CT molecular complexity index is 392. The van der Waals surface area contributed by atoms with E-state index < -0.39 is 0 Å². The zero-order valence-corrected chi connectivity index (χ0v) is 11.5. The summed E-state index contributed by atoms with van der Waals surface area (Å²) in [6.45, 7) is 3.37. The van der Waals surface area contributed by atoms with Crippen LogP contribution in [0.15, 0.2) is 18.2 Å². The van der Waals surface area contributed by atoms with E-state index in [1.165, 1.54) is 32.1 Å². The van der Waals surface area contributed by atoms with Crippen molar-refractivity contribution in [2.24, 2.45) is 0 Å². The van der Waals surface area contributed by atoms with E-state index in [0.29, 0.717) is 6.04 Å². The van der Waals surface area contributed by atoms with Crippen molar-refractivity contribution < 1.29 is 4.74 Å². The summed E-state index contributed by atoms with van der Waals surface area (Å²) < 4.78 is 5.32. The minimum absolute atomic E-state index is 0.613. The van der Waals surface area contributed by atoms with E-state index >= 15 is 0 Å². The molecule has 1 heterocycles. The molecule has 1 saturated heterocycles. The number of benzene rings is 1. The highest BCUT2D eigenvalue weighted by molar-refractivity contribution is 5.74. The molecule has 1 atom stereocenters. The molecule has 18 heavy (non-hydrogen) atoms. The Hall–Kier alpha value is -1.38. The zero-order chi connectivity index (χ0) is 13.0. The highest BCUT2D eigenvalue weighted by Crippen LogP contribution is 2.35. The predicted octanol–water partition coefficient (Wildman–Crippen LogP) is 3.44. The summed E-state index contributed by atoms with van der Waals surface area (Å²) in [6.07, 6.45) is 6.37. The first-order valence-electron chi connectivity index (χ1n) is 6.97. The third-order valence-corrected chi connectivity index (χ3v) is 3.92. The van der Waals surface area contributed by atoms with Crippen LogP contribution < -0.4 is 15.4 Å². The Morgan fingerprint density at radius 3 is 2.89 bits per heavy atom. The topological polar surface area (TPSA) is 38.5 Å². The van der Waals surface area contributed by atoms with Crippen molar-refractivity contribution in [3.8, 4) is 5.75 Å². The largest absolute Gasteiger partial charge is 0.495 e. The molecule has 0 amide bonds. The second-order valence-electron chi connectivity index (χ2n) is 5.00. The summed E-state index contributed by atoms with van der Waals surface area (Å²) >= 11 is 0. The first kappa shape index (κ1) is 13.1. The van der Waals surface area contributed by atoms with Crippen LogP contribution >= 0.6 is 0 Å². The van der Waals surface area contributed by atoms with E-state index in [9.17, 15) is 0 Å². The lowest BCUT2D eigenvalue weighted by molar-refractivity contribution is 0.416. The Balaban J connectivity index is 2.32. The van der Waals surface area contributed by atoms with Crippen LogP contribution in [0.4, 0.5) is 11.4 Å². The molecule has 0 bridgehead atoms. The van der Waals surface area contributed by atoms with E-state index in [0.717, 1.165) is 23.7 Å². The molecule has 0 spiro atoms. The molecular weight excluding hydrogens is 224 g/mol. The van der Waals surface area contributed by atoms with E-state index in [-0.39, 0.29) is 0 Å². The van der Waals surface area contributed by atoms with Gasteiger partial charge in [-0.15, -0.1) is 0 Å². The zero-order valence-electron chi connectivity index (χ0n) is 11.5. The van der Waals surface area contributed by atoms with Gasteiger partial charge in [0.05, 0.1) is 18.5 Å². The standard InChI is InChI=1S/C15H24N2O/c1-3-12-8-5-4-6-11-17(12)13-9-7-10-14(18-2)15(13)16/h7,9-10,12H,3-6,8,11,16H2,1-2H3. The lowest BCUT2D eigenvalue weighted by Crippen LogP contribution is -2.34. The third-order valence-electron chi connectivity index (χ3n) is 3.92. The van der Waals surface area contributed by atoms with Gasteiger partial charge in [-0.3, -0.25) is 0 Å². The molecule has 3 nitrogen and oxygen atoms in total. The van der Waals surface area contributed by atoms with Crippen LogP contribution in [-0.2, 0) is 0 Å². The lowest BCUT2D eigenvalue weighted by atomic mass is 10.1. The minimum atomic E-state index is 0.613. The van der Waals surface area contributed by atoms with Gasteiger partial charge in [-0.25, -0.2) is 0 Å². The smallest absolute Gasteiger partial charge is 0.143 e. The number of rotatable bonds is 3. The number of anilines is 2. The fourth-order valence-corrected chi connectivity index (χ4v) is 2.88. The molecule has 1 fully saturated rings. The molecule has 100 valence electrons. The average molecular weight is 248 g/mol. The fourth-order valence-electron chi connectivity index (χ4n) is 2.88. The molecule has 0 radical (unpaired) electrons. The molecule has 1 aromatic carbocycles. The molecule has 3 heteroatoms. The fraction of sp³-hybridized carbons (Fsp3) is 0.600. The second kappa shape index (κ2) is 5.98. The lowest BCUT2D eigenvalue weighted by Gasteiger charge is -2.32. The quantitative estimate of drug-likeness (QED) is 0.833. The van der Waals surface area contributed by atoms with Crippen LogP contribution in [0.5, 0.6) is 5.75 Å². The number of nitrogens with two attached hydrogens (primary N) is 1. The van der Waals surface area contributed by atoms with Crippen LogP contribution in [0.1, 0.15) is 39.0 Å². The van der Waals surface area contributed by atoms with E-state index in [4.69, 9.17) is 10.5 Å². The predicted molar refractivity (Wildman–Crippen MR) is 77.3 cm³/mol. The van der Waals surface area contributed by atoms with Gasteiger partial charge in [0.25, 0.3) is 0 Å². The number of nitrogen functional groups attached to an aromatic ring is 1. The molecule has 0 aliphatic carbocycles. The summed E-state index contributed by atoms with van der Waals surface area (Å²) in [4.78, 5) is 2.48. The normalized spacial score (nSPS) is 20.6. The molecule has 1 aliphatic rings. The molecule has 0 saturated carbocycles. The van der Waals surface area contributed by atoms with Crippen molar-refractivity contribution in [3.63, 3.8) is 0 Å². The number of ether oxygens (including phenoxy) is 1. The van der Waals surface area contributed by atoms with Crippen molar-refractivity contribution in [2.45, 2.75) is 45.1 Å². The number of hydrogen-bond donors (Lipinski definition) is 1. The maximum atomic E-state index is 6.23. The summed E-state index contributed by atoms with van der Waals surface area (Å²) in [5, 5.41) is 0. The molecule has 1 aliphatic heterocycles. The SMILES string of the molecule is CCC1CCCCCN1c1cccc(OC)c1N. The van der Waals surface area contributed by atoms with Gasteiger partial charge in [0.2, 0.25) is 0 Å². The van der Waals surface area contributed by atoms with Crippen molar-refractivity contribution in [1.29, 1.82) is 0 Å². The first-order valence-corrected chi connectivity index (χ1v) is 6.97. The van der Waals surface area contributed by atoms with Gasteiger partial charge < -0.3 is 15.4 Å². The Kier molecular flexibility index (Phi) is 4.34. The van der Waals surface area contributed by atoms with Gasteiger partial charge >= 0.3 is 0 Å². The van der Waals surface area contributed by atoms with Gasteiger partial charge in [-0.1, -0.05) is 25.8 Å². The number of hydrogen-bond acceptors (Lipinski definition) is 3. The maximum absolute atomic E-state index is 6.23. The third kappa shape index (κ3) is 2.55.